The number of hydrogen-bond acceptors (Lipinski definition) is 5. The smallest absolute Gasteiger partial charge is 0.246 e. The summed E-state index contributed by atoms with van der Waals surface area (Å²) < 4.78 is 11.2. The Labute approximate surface area is 121 Å². The molecule has 2 rings (SSSR count). The third-order valence-corrected chi connectivity index (χ3v) is 4.07. The molecule has 1 saturated carbocycles. The summed E-state index contributed by atoms with van der Waals surface area (Å²) in [4.78, 5) is 4.56. The molecule has 0 saturated heterocycles. The van der Waals surface area contributed by atoms with Gasteiger partial charge in [0.05, 0.1) is 5.54 Å². The van der Waals surface area contributed by atoms with Crippen molar-refractivity contribution < 1.29 is 9.26 Å². The van der Waals surface area contributed by atoms with E-state index in [2.05, 4.69) is 24.0 Å². The fourth-order valence-electron chi connectivity index (χ4n) is 2.87. The lowest BCUT2D eigenvalue weighted by Gasteiger charge is -2.23. The van der Waals surface area contributed by atoms with Gasteiger partial charge in [0, 0.05) is 6.61 Å². The molecule has 0 amide bonds. The van der Waals surface area contributed by atoms with Crippen LogP contribution in [0, 0.1) is 5.92 Å². The predicted molar refractivity (Wildman–Crippen MR) is 77.1 cm³/mol. The number of ether oxygens (including phenoxy) is 1. The van der Waals surface area contributed by atoms with Gasteiger partial charge in [-0.3, -0.25) is 0 Å². The molecule has 0 aromatic carbocycles. The Balaban J connectivity index is 2.18. The molecule has 0 aliphatic heterocycles. The second-order valence-corrected chi connectivity index (χ2v) is 6.15. The Morgan fingerprint density at radius 3 is 2.45 bits per heavy atom. The number of nitrogens with two attached hydrogens (primary N) is 1. The van der Waals surface area contributed by atoms with Crippen molar-refractivity contribution in [3.8, 4) is 0 Å². The van der Waals surface area contributed by atoms with Crippen LogP contribution in [0.1, 0.15) is 77.1 Å². The lowest BCUT2D eigenvalue weighted by atomic mass is 9.91. The van der Waals surface area contributed by atoms with Crippen LogP contribution in [0.2, 0.25) is 0 Å². The highest BCUT2D eigenvalue weighted by atomic mass is 16.5. The van der Waals surface area contributed by atoms with Crippen molar-refractivity contribution >= 4 is 0 Å². The molecule has 0 spiro atoms. The zero-order valence-corrected chi connectivity index (χ0v) is 12.9. The molecule has 5 nitrogen and oxygen atoms in total. The molecule has 20 heavy (non-hydrogen) atoms. The van der Waals surface area contributed by atoms with Crippen molar-refractivity contribution in [3.63, 3.8) is 0 Å². The molecule has 1 unspecified atom stereocenters. The molecule has 1 heterocycles. The molecule has 2 N–H and O–H groups in total. The monoisotopic (exact) mass is 281 g/mol. The summed E-state index contributed by atoms with van der Waals surface area (Å²) >= 11 is 0. The van der Waals surface area contributed by atoms with Gasteiger partial charge in [0.1, 0.15) is 6.10 Å². The van der Waals surface area contributed by atoms with Crippen LogP contribution in [0.15, 0.2) is 4.52 Å². The van der Waals surface area contributed by atoms with Gasteiger partial charge in [-0.25, -0.2) is 0 Å². The van der Waals surface area contributed by atoms with Crippen LogP contribution in [0.3, 0.4) is 0 Å². The minimum atomic E-state index is -0.449. The Morgan fingerprint density at radius 1 is 1.25 bits per heavy atom. The number of aromatic nitrogens is 2. The molecule has 0 radical (unpaired) electrons. The van der Waals surface area contributed by atoms with E-state index in [4.69, 9.17) is 15.0 Å². The third-order valence-electron chi connectivity index (χ3n) is 4.07. The summed E-state index contributed by atoms with van der Waals surface area (Å²) in [6.07, 6.45) is 6.49. The minimum absolute atomic E-state index is 0.119. The van der Waals surface area contributed by atoms with Crippen LogP contribution < -0.4 is 5.73 Å². The zero-order valence-electron chi connectivity index (χ0n) is 12.9. The Morgan fingerprint density at radius 2 is 1.90 bits per heavy atom. The van der Waals surface area contributed by atoms with Crippen LogP contribution in [-0.2, 0) is 10.3 Å². The predicted octanol–water partition coefficient (Wildman–Crippen LogP) is 3.31. The van der Waals surface area contributed by atoms with Crippen molar-refractivity contribution in [3.05, 3.63) is 11.7 Å². The van der Waals surface area contributed by atoms with Crippen molar-refractivity contribution in [1.29, 1.82) is 0 Å². The van der Waals surface area contributed by atoms with Crippen LogP contribution in [-0.4, -0.2) is 16.7 Å². The largest absolute Gasteiger partial charge is 0.370 e. The second-order valence-electron chi connectivity index (χ2n) is 6.15. The normalized spacial score (nSPS) is 20.9. The fraction of sp³-hybridized carbons (Fsp3) is 0.867. The molecular formula is C15H27N3O2. The second kappa shape index (κ2) is 6.68. The maximum absolute atomic E-state index is 6.51. The van der Waals surface area contributed by atoms with E-state index >= 15 is 0 Å². The van der Waals surface area contributed by atoms with E-state index in [0.29, 0.717) is 24.2 Å². The van der Waals surface area contributed by atoms with E-state index in [0.717, 1.165) is 25.7 Å². The maximum atomic E-state index is 6.51. The molecule has 0 bridgehead atoms. The van der Waals surface area contributed by atoms with E-state index in [-0.39, 0.29) is 6.10 Å². The standard InChI is InChI=1S/C15H27N3O2/c1-4-19-12(11(2)3)13-17-14(20-18-13)15(16)9-7-5-6-8-10-15/h11-12H,4-10,16H2,1-3H3. The lowest BCUT2D eigenvalue weighted by Crippen LogP contribution is -2.36. The number of hydrogen-bond donors (Lipinski definition) is 1. The van der Waals surface area contributed by atoms with Gasteiger partial charge < -0.3 is 15.0 Å². The van der Waals surface area contributed by atoms with Gasteiger partial charge in [0.15, 0.2) is 0 Å². The van der Waals surface area contributed by atoms with Gasteiger partial charge in [0.25, 0.3) is 0 Å². The lowest BCUT2D eigenvalue weighted by molar-refractivity contribution is 0.0217. The quantitative estimate of drug-likeness (QED) is 0.838. The highest BCUT2D eigenvalue weighted by molar-refractivity contribution is 5.04. The first kappa shape index (κ1) is 15.4. The number of nitrogens with zero attached hydrogens (tertiary/aromatic N) is 2. The molecule has 114 valence electrons. The Hall–Kier alpha value is -0.940. The summed E-state index contributed by atoms with van der Waals surface area (Å²) in [5.74, 6) is 1.52. The van der Waals surface area contributed by atoms with Crippen LogP contribution in [0.5, 0.6) is 0 Å². The summed E-state index contributed by atoms with van der Waals surface area (Å²) in [7, 11) is 0. The van der Waals surface area contributed by atoms with Gasteiger partial charge >= 0.3 is 0 Å². The Kier molecular flexibility index (Phi) is 5.16. The third kappa shape index (κ3) is 3.38. The SMILES string of the molecule is CCOC(c1noc(C2(N)CCCCCC2)n1)C(C)C. The summed E-state index contributed by atoms with van der Waals surface area (Å²) in [5, 5.41) is 4.12. The average molecular weight is 281 g/mol. The first-order valence-corrected chi connectivity index (χ1v) is 7.81. The van der Waals surface area contributed by atoms with Gasteiger partial charge in [-0.1, -0.05) is 44.7 Å². The fourth-order valence-corrected chi connectivity index (χ4v) is 2.87. The Bertz CT molecular complexity index is 409. The highest BCUT2D eigenvalue weighted by Crippen LogP contribution is 2.34. The van der Waals surface area contributed by atoms with Crippen LogP contribution in [0.4, 0.5) is 0 Å². The molecule has 1 aliphatic carbocycles. The molecular weight excluding hydrogens is 254 g/mol. The van der Waals surface area contributed by atoms with E-state index in [1.54, 1.807) is 0 Å². The van der Waals surface area contributed by atoms with Crippen molar-refractivity contribution in [2.75, 3.05) is 6.61 Å². The molecule has 1 aromatic heterocycles. The molecule has 1 aromatic rings. The van der Waals surface area contributed by atoms with E-state index in [1.165, 1.54) is 12.8 Å². The summed E-state index contributed by atoms with van der Waals surface area (Å²) in [6.45, 7) is 6.81. The van der Waals surface area contributed by atoms with E-state index < -0.39 is 5.54 Å². The van der Waals surface area contributed by atoms with Crippen molar-refractivity contribution in [2.24, 2.45) is 11.7 Å². The van der Waals surface area contributed by atoms with Crippen molar-refractivity contribution in [2.45, 2.75) is 70.9 Å². The van der Waals surface area contributed by atoms with Gasteiger partial charge in [0.2, 0.25) is 11.7 Å². The first-order chi connectivity index (χ1) is 9.57. The van der Waals surface area contributed by atoms with Gasteiger partial charge in [-0.05, 0) is 25.7 Å². The highest BCUT2D eigenvalue weighted by Gasteiger charge is 2.35. The minimum Gasteiger partial charge on any atom is -0.370 e. The zero-order chi connectivity index (χ0) is 14.6. The van der Waals surface area contributed by atoms with Crippen LogP contribution >= 0.6 is 0 Å². The maximum Gasteiger partial charge on any atom is 0.246 e. The average Bonchev–Trinajstić information content (AvgIpc) is 2.80. The van der Waals surface area contributed by atoms with Crippen molar-refractivity contribution in [1.82, 2.24) is 10.1 Å². The van der Waals surface area contributed by atoms with E-state index in [9.17, 15) is 0 Å². The molecule has 1 fully saturated rings. The first-order valence-electron chi connectivity index (χ1n) is 7.81. The van der Waals surface area contributed by atoms with Gasteiger partial charge in [-0.2, -0.15) is 4.98 Å². The van der Waals surface area contributed by atoms with Gasteiger partial charge in [-0.15, -0.1) is 0 Å². The summed E-state index contributed by atoms with van der Waals surface area (Å²) in [6, 6.07) is 0. The topological polar surface area (TPSA) is 74.2 Å². The van der Waals surface area contributed by atoms with E-state index in [1.807, 2.05) is 6.92 Å². The number of rotatable bonds is 5. The summed E-state index contributed by atoms with van der Waals surface area (Å²) in [5.41, 5.74) is 6.06. The molecule has 5 heteroatoms. The molecule has 1 atom stereocenters. The molecule has 1 aliphatic rings. The van der Waals surface area contributed by atoms with Crippen LogP contribution in [0.25, 0.3) is 0 Å².